The number of nitrogens with zero attached hydrogens (tertiary/aromatic N) is 3. The standard InChI is InChI=1S/C21H27N7O2/c1-13-9-30-6-5-28(13)18-7-16(20-10-21(11-20,12-20)26-14(2)29)15(8-22)19(25-18)24-17-3-4-23-27-17/h3-4,7-8,13,22H,5-6,9-12H2,1-2H3,(H,26,29)(H2,23,24,25,27)/t13-,20?,21?/m1/s1. The molecule has 4 N–H and O–H groups in total. The Hall–Kier alpha value is -2.94. The van der Waals surface area contributed by atoms with Gasteiger partial charge in [0.15, 0.2) is 0 Å². The van der Waals surface area contributed by atoms with Crippen LogP contribution in [0, 0.1) is 5.41 Å². The molecule has 4 fully saturated rings. The van der Waals surface area contributed by atoms with Crippen molar-refractivity contribution in [1.29, 1.82) is 5.41 Å². The summed E-state index contributed by atoms with van der Waals surface area (Å²) in [5.74, 6) is 2.30. The molecule has 0 radical (unpaired) electrons. The molecule has 0 aromatic carbocycles. The Balaban J connectivity index is 1.54. The highest BCUT2D eigenvalue weighted by Crippen LogP contribution is 2.68. The highest BCUT2D eigenvalue weighted by molar-refractivity contribution is 5.90. The smallest absolute Gasteiger partial charge is 0.217 e. The second kappa shape index (κ2) is 6.80. The largest absolute Gasteiger partial charge is 0.377 e. The van der Waals surface area contributed by atoms with Crippen molar-refractivity contribution in [3.8, 4) is 0 Å². The fourth-order valence-electron chi connectivity index (χ4n) is 5.47. The molecule has 3 heterocycles. The van der Waals surface area contributed by atoms with E-state index in [2.05, 4.69) is 38.7 Å². The predicted octanol–water partition coefficient (Wildman–Crippen LogP) is 2.08. The molecule has 3 aliphatic carbocycles. The second-order valence-corrected chi connectivity index (χ2v) is 8.92. The number of ether oxygens (including phenoxy) is 1. The summed E-state index contributed by atoms with van der Waals surface area (Å²) in [5.41, 5.74) is 1.85. The van der Waals surface area contributed by atoms with E-state index in [-0.39, 0.29) is 22.9 Å². The maximum absolute atomic E-state index is 11.6. The zero-order valence-corrected chi connectivity index (χ0v) is 17.3. The number of aromatic nitrogens is 3. The number of aromatic amines is 1. The second-order valence-electron chi connectivity index (χ2n) is 8.92. The van der Waals surface area contributed by atoms with Crippen molar-refractivity contribution < 1.29 is 9.53 Å². The van der Waals surface area contributed by atoms with Gasteiger partial charge in [0, 0.05) is 42.3 Å². The van der Waals surface area contributed by atoms with Gasteiger partial charge in [0.25, 0.3) is 0 Å². The number of amides is 1. The third-order valence-electron chi connectivity index (χ3n) is 6.65. The van der Waals surface area contributed by atoms with Crippen LogP contribution < -0.4 is 15.5 Å². The molecule has 3 saturated carbocycles. The van der Waals surface area contributed by atoms with Crippen molar-refractivity contribution in [3.63, 3.8) is 0 Å². The molecule has 30 heavy (non-hydrogen) atoms. The highest BCUT2D eigenvalue weighted by atomic mass is 16.5. The van der Waals surface area contributed by atoms with Crippen molar-refractivity contribution in [1.82, 2.24) is 20.5 Å². The summed E-state index contributed by atoms with van der Waals surface area (Å²) in [6.45, 7) is 5.84. The molecule has 9 nitrogen and oxygen atoms in total. The molecule has 1 saturated heterocycles. The van der Waals surface area contributed by atoms with E-state index in [1.165, 1.54) is 6.21 Å². The Labute approximate surface area is 175 Å². The van der Waals surface area contributed by atoms with Gasteiger partial charge in [-0.05, 0) is 37.8 Å². The summed E-state index contributed by atoms with van der Waals surface area (Å²) in [5, 5.41) is 21.5. The van der Waals surface area contributed by atoms with Crippen LogP contribution in [-0.2, 0) is 14.9 Å². The van der Waals surface area contributed by atoms with E-state index in [9.17, 15) is 4.79 Å². The van der Waals surface area contributed by atoms with Crippen LogP contribution in [0.3, 0.4) is 0 Å². The van der Waals surface area contributed by atoms with Gasteiger partial charge in [-0.2, -0.15) is 5.10 Å². The Morgan fingerprint density at radius 1 is 1.43 bits per heavy atom. The molecule has 0 spiro atoms. The molecule has 0 unspecified atom stereocenters. The van der Waals surface area contributed by atoms with Gasteiger partial charge in [0.2, 0.25) is 5.91 Å². The van der Waals surface area contributed by atoms with E-state index < -0.39 is 0 Å². The molecule has 158 valence electrons. The van der Waals surface area contributed by atoms with E-state index in [1.54, 1.807) is 13.1 Å². The van der Waals surface area contributed by atoms with Gasteiger partial charge in [-0.15, -0.1) is 0 Å². The van der Waals surface area contributed by atoms with Gasteiger partial charge in [-0.25, -0.2) is 4.98 Å². The molecule has 1 amide bonds. The normalized spacial score (nSPS) is 29.5. The minimum absolute atomic E-state index is 0.00698. The molecule has 9 heteroatoms. The number of hydrogen-bond acceptors (Lipinski definition) is 7. The molecule has 1 atom stereocenters. The van der Waals surface area contributed by atoms with Gasteiger partial charge in [-0.1, -0.05) is 0 Å². The summed E-state index contributed by atoms with van der Waals surface area (Å²) in [4.78, 5) is 18.7. The van der Waals surface area contributed by atoms with Crippen LogP contribution in [0.5, 0.6) is 0 Å². The van der Waals surface area contributed by atoms with Crippen LogP contribution in [0.1, 0.15) is 44.2 Å². The average molecular weight is 409 g/mol. The van der Waals surface area contributed by atoms with E-state index in [4.69, 9.17) is 15.1 Å². The van der Waals surface area contributed by atoms with Gasteiger partial charge >= 0.3 is 0 Å². The fourth-order valence-corrected chi connectivity index (χ4v) is 5.47. The monoisotopic (exact) mass is 409 g/mol. The lowest BCUT2D eigenvalue weighted by molar-refractivity contribution is -0.136. The first-order valence-electron chi connectivity index (χ1n) is 10.4. The number of H-pyrrole nitrogens is 1. The lowest BCUT2D eigenvalue weighted by Crippen LogP contribution is -2.76. The average Bonchev–Trinajstić information content (AvgIpc) is 3.16. The summed E-state index contributed by atoms with van der Waals surface area (Å²) >= 11 is 0. The summed E-state index contributed by atoms with van der Waals surface area (Å²) < 4.78 is 5.61. The summed E-state index contributed by atoms with van der Waals surface area (Å²) in [7, 11) is 0. The molecule has 2 bridgehead atoms. The van der Waals surface area contributed by atoms with E-state index in [0.717, 1.165) is 48.6 Å². The molecule has 4 aliphatic rings. The van der Waals surface area contributed by atoms with Crippen LogP contribution in [0.15, 0.2) is 18.3 Å². The summed E-state index contributed by atoms with van der Waals surface area (Å²) in [6, 6.07) is 4.21. The van der Waals surface area contributed by atoms with E-state index in [1.807, 2.05) is 6.07 Å². The molecule has 2 aromatic rings. The third kappa shape index (κ3) is 2.96. The van der Waals surface area contributed by atoms with Gasteiger partial charge < -0.3 is 25.7 Å². The summed E-state index contributed by atoms with van der Waals surface area (Å²) in [6.07, 6.45) is 5.79. The molecular formula is C21H27N7O2. The van der Waals surface area contributed by atoms with Crippen molar-refractivity contribution >= 4 is 29.6 Å². The zero-order chi connectivity index (χ0) is 20.9. The first kappa shape index (κ1) is 19.0. The van der Waals surface area contributed by atoms with Crippen LogP contribution in [-0.4, -0.2) is 58.6 Å². The fraction of sp³-hybridized carbons (Fsp3) is 0.524. The minimum Gasteiger partial charge on any atom is -0.377 e. The number of carbonyl (C=O) groups excluding carboxylic acids is 1. The van der Waals surface area contributed by atoms with Crippen molar-refractivity contribution in [2.24, 2.45) is 0 Å². The zero-order valence-electron chi connectivity index (χ0n) is 17.3. The van der Waals surface area contributed by atoms with Gasteiger partial charge in [0.1, 0.15) is 17.5 Å². The Morgan fingerprint density at radius 2 is 2.23 bits per heavy atom. The van der Waals surface area contributed by atoms with Crippen LogP contribution in [0.2, 0.25) is 0 Å². The van der Waals surface area contributed by atoms with E-state index in [0.29, 0.717) is 19.0 Å². The van der Waals surface area contributed by atoms with Crippen LogP contribution in [0.4, 0.5) is 17.5 Å². The van der Waals surface area contributed by atoms with Gasteiger partial charge in [0.05, 0.1) is 25.5 Å². The number of rotatable bonds is 6. The quantitative estimate of drug-likeness (QED) is 0.543. The van der Waals surface area contributed by atoms with Crippen LogP contribution in [0.25, 0.3) is 0 Å². The molecule has 2 aromatic heterocycles. The maximum atomic E-state index is 11.6. The number of anilines is 3. The predicted molar refractivity (Wildman–Crippen MR) is 114 cm³/mol. The molecular weight excluding hydrogens is 382 g/mol. The van der Waals surface area contributed by atoms with Crippen molar-refractivity contribution in [3.05, 3.63) is 29.5 Å². The number of morpholine rings is 1. The first-order chi connectivity index (χ1) is 14.4. The van der Waals surface area contributed by atoms with Crippen molar-refractivity contribution in [2.45, 2.75) is 50.1 Å². The number of nitrogens with one attached hydrogen (secondary N) is 4. The maximum Gasteiger partial charge on any atom is 0.217 e. The minimum atomic E-state index is -0.0716. The first-order valence-corrected chi connectivity index (χ1v) is 10.4. The number of hydrogen-bond donors (Lipinski definition) is 4. The Bertz CT molecular complexity index is 968. The van der Waals surface area contributed by atoms with E-state index >= 15 is 0 Å². The lowest BCUT2D eigenvalue weighted by atomic mass is 9.37. The third-order valence-corrected chi connectivity index (χ3v) is 6.65. The SMILES string of the molecule is CC(=O)NC12CC(c3cc(N4CCOC[C@H]4C)nc(Nc4ccn[nH]4)c3C=N)(C1)C2. The molecule has 1 aliphatic heterocycles. The van der Waals surface area contributed by atoms with Crippen LogP contribution >= 0.6 is 0 Å². The number of pyridine rings is 1. The Kier molecular flexibility index (Phi) is 4.32. The topological polar surface area (TPSA) is 119 Å². The lowest BCUT2D eigenvalue weighted by Gasteiger charge is -2.71. The highest BCUT2D eigenvalue weighted by Gasteiger charge is 2.69. The van der Waals surface area contributed by atoms with Crippen molar-refractivity contribution in [2.75, 3.05) is 30.0 Å². The molecule has 6 rings (SSSR count). The van der Waals surface area contributed by atoms with Gasteiger partial charge in [-0.3, -0.25) is 9.89 Å². The Morgan fingerprint density at radius 3 is 2.87 bits per heavy atom. The number of carbonyl (C=O) groups is 1.